The van der Waals surface area contributed by atoms with Gasteiger partial charge in [-0.1, -0.05) is 32.1 Å². The van der Waals surface area contributed by atoms with Crippen LogP contribution in [0, 0.1) is 0 Å². The van der Waals surface area contributed by atoms with Crippen LogP contribution in [0.4, 0.5) is 0 Å². The fourth-order valence-corrected chi connectivity index (χ4v) is 5.42. The summed E-state index contributed by atoms with van der Waals surface area (Å²) in [6.07, 6.45) is 16.2. The molecule has 4 rings (SSSR count). The molecule has 1 N–H and O–H groups in total. The van der Waals surface area contributed by atoms with E-state index in [0.717, 1.165) is 12.1 Å². The van der Waals surface area contributed by atoms with Gasteiger partial charge < -0.3 is 10.1 Å². The fourth-order valence-electron chi connectivity index (χ4n) is 5.42. The van der Waals surface area contributed by atoms with Crippen molar-refractivity contribution in [2.45, 2.75) is 101 Å². The predicted molar refractivity (Wildman–Crippen MR) is 85.5 cm³/mol. The van der Waals surface area contributed by atoms with Gasteiger partial charge in [-0.2, -0.15) is 0 Å². The summed E-state index contributed by atoms with van der Waals surface area (Å²) in [6, 6.07) is 2.29. The average Bonchev–Trinajstić information content (AvgIpc) is 3.18. The van der Waals surface area contributed by atoms with Crippen molar-refractivity contribution in [2.24, 2.45) is 0 Å². The minimum atomic E-state index is 0.529. The molecule has 3 heteroatoms. The third-order valence-electron chi connectivity index (χ3n) is 6.45. The molecule has 21 heavy (non-hydrogen) atoms. The number of fused-ring (bicyclic) bond motifs is 1. The molecule has 1 heterocycles. The first-order chi connectivity index (χ1) is 10.4. The summed E-state index contributed by atoms with van der Waals surface area (Å²) in [5.41, 5.74) is 0. The van der Waals surface area contributed by atoms with Gasteiger partial charge in [-0.3, -0.25) is 4.90 Å². The van der Waals surface area contributed by atoms with E-state index < -0.39 is 0 Å². The SMILES string of the molecule is C1CCC(O[C@@H]2CCCC[C@@H]2N2CCN[C@@H]3CCC[C@H]32)C1. The van der Waals surface area contributed by atoms with E-state index in [1.165, 1.54) is 83.7 Å². The molecule has 3 nitrogen and oxygen atoms in total. The molecular formula is C18H32N2O. The van der Waals surface area contributed by atoms with E-state index in [1.54, 1.807) is 0 Å². The Bertz CT molecular complexity index is 342. The maximum absolute atomic E-state index is 6.60. The smallest absolute Gasteiger partial charge is 0.0734 e. The Labute approximate surface area is 129 Å². The Kier molecular flexibility index (Phi) is 4.52. The standard InChI is InChI=1S/C18H32N2O/c1-2-7-14(6-1)21-18-11-4-3-9-17(18)20-13-12-19-15-8-5-10-16(15)20/h14-19H,1-13H2/t15-,16-,17+,18-/m1/s1. The highest BCUT2D eigenvalue weighted by Crippen LogP contribution is 2.35. The molecule has 0 aromatic heterocycles. The maximum Gasteiger partial charge on any atom is 0.0734 e. The molecule has 0 unspecified atom stereocenters. The summed E-state index contributed by atoms with van der Waals surface area (Å²) in [4.78, 5) is 2.87. The highest BCUT2D eigenvalue weighted by molar-refractivity contribution is 4.99. The molecule has 3 aliphatic carbocycles. The van der Waals surface area contributed by atoms with E-state index in [1.807, 2.05) is 0 Å². The van der Waals surface area contributed by atoms with Gasteiger partial charge in [0.05, 0.1) is 12.2 Å². The van der Waals surface area contributed by atoms with Crippen LogP contribution in [0.5, 0.6) is 0 Å². The summed E-state index contributed by atoms with van der Waals surface area (Å²) in [7, 11) is 0. The second-order valence-electron chi connectivity index (χ2n) is 7.73. The summed E-state index contributed by atoms with van der Waals surface area (Å²) >= 11 is 0. The first kappa shape index (κ1) is 14.5. The van der Waals surface area contributed by atoms with Crippen LogP contribution in [0.1, 0.15) is 70.6 Å². The van der Waals surface area contributed by atoms with Crippen LogP contribution < -0.4 is 5.32 Å². The van der Waals surface area contributed by atoms with Gasteiger partial charge in [-0.05, 0) is 38.5 Å². The summed E-state index contributed by atoms with van der Waals surface area (Å²) < 4.78 is 6.60. The Morgan fingerprint density at radius 1 is 0.762 bits per heavy atom. The van der Waals surface area contributed by atoms with Crippen molar-refractivity contribution >= 4 is 0 Å². The van der Waals surface area contributed by atoms with Crippen LogP contribution in [-0.2, 0) is 4.74 Å². The molecule has 0 radical (unpaired) electrons. The number of nitrogens with zero attached hydrogens (tertiary/aromatic N) is 1. The Balaban J connectivity index is 1.44. The molecule has 0 spiro atoms. The zero-order valence-electron chi connectivity index (χ0n) is 13.4. The topological polar surface area (TPSA) is 24.5 Å². The van der Waals surface area contributed by atoms with Gasteiger partial charge in [0.1, 0.15) is 0 Å². The quantitative estimate of drug-likeness (QED) is 0.865. The summed E-state index contributed by atoms with van der Waals surface area (Å²) in [5, 5.41) is 3.76. The maximum atomic E-state index is 6.60. The van der Waals surface area contributed by atoms with Crippen LogP contribution in [-0.4, -0.2) is 48.3 Å². The molecule has 3 saturated carbocycles. The van der Waals surface area contributed by atoms with Crippen molar-refractivity contribution < 1.29 is 4.74 Å². The van der Waals surface area contributed by atoms with Crippen LogP contribution in [0.3, 0.4) is 0 Å². The van der Waals surface area contributed by atoms with Crippen LogP contribution in [0.2, 0.25) is 0 Å². The second-order valence-corrected chi connectivity index (χ2v) is 7.73. The van der Waals surface area contributed by atoms with E-state index in [0.29, 0.717) is 18.2 Å². The number of hydrogen-bond donors (Lipinski definition) is 1. The second kappa shape index (κ2) is 6.55. The number of hydrogen-bond acceptors (Lipinski definition) is 3. The zero-order chi connectivity index (χ0) is 14.1. The van der Waals surface area contributed by atoms with Crippen molar-refractivity contribution in [2.75, 3.05) is 13.1 Å². The number of ether oxygens (including phenoxy) is 1. The zero-order valence-corrected chi connectivity index (χ0v) is 13.4. The Hall–Kier alpha value is -0.120. The number of nitrogens with one attached hydrogen (secondary N) is 1. The van der Waals surface area contributed by atoms with Gasteiger partial charge >= 0.3 is 0 Å². The van der Waals surface area contributed by atoms with Gasteiger partial charge in [0, 0.05) is 31.2 Å². The van der Waals surface area contributed by atoms with Crippen molar-refractivity contribution in [3.8, 4) is 0 Å². The molecule has 0 aromatic carbocycles. The molecule has 0 aromatic rings. The third-order valence-corrected chi connectivity index (χ3v) is 6.45. The normalized spacial score (nSPS) is 42.3. The van der Waals surface area contributed by atoms with Gasteiger partial charge in [-0.25, -0.2) is 0 Å². The van der Waals surface area contributed by atoms with Gasteiger partial charge in [0.25, 0.3) is 0 Å². The molecule has 4 atom stereocenters. The number of piperazine rings is 1. The molecule has 0 amide bonds. The summed E-state index contributed by atoms with van der Waals surface area (Å²) in [6.45, 7) is 2.43. The largest absolute Gasteiger partial charge is 0.373 e. The molecule has 4 aliphatic rings. The molecule has 120 valence electrons. The van der Waals surface area contributed by atoms with E-state index in [-0.39, 0.29) is 0 Å². The van der Waals surface area contributed by atoms with Crippen molar-refractivity contribution in [1.29, 1.82) is 0 Å². The molecule has 1 aliphatic heterocycles. The fraction of sp³-hybridized carbons (Fsp3) is 1.00. The Morgan fingerprint density at radius 3 is 2.43 bits per heavy atom. The van der Waals surface area contributed by atoms with Gasteiger partial charge in [0.15, 0.2) is 0 Å². The van der Waals surface area contributed by atoms with Crippen molar-refractivity contribution in [3.05, 3.63) is 0 Å². The van der Waals surface area contributed by atoms with Crippen molar-refractivity contribution in [3.63, 3.8) is 0 Å². The monoisotopic (exact) mass is 292 g/mol. The molecule has 1 saturated heterocycles. The lowest BCUT2D eigenvalue weighted by Gasteiger charge is -2.47. The Morgan fingerprint density at radius 2 is 1.52 bits per heavy atom. The average molecular weight is 292 g/mol. The molecule has 4 fully saturated rings. The van der Waals surface area contributed by atoms with E-state index >= 15 is 0 Å². The molecular weight excluding hydrogens is 260 g/mol. The predicted octanol–water partition coefficient (Wildman–Crippen LogP) is 3.08. The van der Waals surface area contributed by atoms with E-state index in [4.69, 9.17) is 4.74 Å². The summed E-state index contributed by atoms with van der Waals surface area (Å²) in [5.74, 6) is 0. The first-order valence-electron chi connectivity index (χ1n) is 9.56. The van der Waals surface area contributed by atoms with Gasteiger partial charge in [-0.15, -0.1) is 0 Å². The van der Waals surface area contributed by atoms with E-state index in [2.05, 4.69) is 10.2 Å². The minimum absolute atomic E-state index is 0.529. The van der Waals surface area contributed by atoms with Gasteiger partial charge in [0.2, 0.25) is 0 Å². The van der Waals surface area contributed by atoms with Crippen molar-refractivity contribution in [1.82, 2.24) is 10.2 Å². The minimum Gasteiger partial charge on any atom is -0.373 e. The number of rotatable bonds is 3. The van der Waals surface area contributed by atoms with Crippen LogP contribution in [0.15, 0.2) is 0 Å². The third kappa shape index (κ3) is 3.02. The first-order valence-corrected chi connectivity index (χ1v) is 9.56. The highest BCUT2D eigenvalue weighted by atomic mass is 16.5. The van der Waals surface area contributed by atoms with Crippen LogP contribution >= 0.6 is 0 Å². The lowest BCUT2D eigenvalue weighted by molar-refractivity contribution is -0.0875. The lowest BCUT2D eigenvalue weighted by Crippen LogP contribution is -2.61. The molecule has 0 bridgehead atoms. The highest BCUT2D eigenvalue weighted by Gasteiger charge is 2.42. The lowest BCUT2D eigenvalue weighted by atomic mass is 9.88. The van der Waals surface area contributed by atoms with E-state index in [9.17, 15) is 0 Å². The van der Waals surface area contributed by atoms with Crippen LogP contribution in [0.25, 0.3) is 0 Å².